The smallest absolute Gasteiger partial charge is 0.159 e. The maximum atomic E-state index is 11.3. The summed E-state index contributed by atoms with van der Waals surface area (Å²) in [5.41, 5.74) is 4.34. The van der Waals surface area contributed by atoms with Gasteiger partial charge in [-0.2, -0.15) is 0 Å². The zero-order valence-electron chi connectivity index (χ0n) is 12.3. The molecule has 104 valence electrons. The van der Waals surface area contributed by atoms with Gasteiger partial charge in [-0.15, -0.1) is 0 Å². The van der Waals surface area contributed by atoms with Crippen molar-refractivity contribution in [2.75, 3.05) is 7.11 Å². The predicted octanol–water partition coefficient (Wildman–Crippen LogP) is 4.54. The van der Waals surface area contributed by atoms with Crippen LogP contribution in [0.5, 0.6) is 0 Å². The van der Waals surface area contributed by atoms with Crippen molar-refractivity contribution in [1.29, 1.82) is 0 Å². The van der Waals surface area contributed by atoms with Crippen LogP contribution in [0.1, 0.15) is 42.6 Å². The quantitative estimate of drug-likeness (QED) is 0.749. The highest BCUT2D eigenvalue weighted by molar-refractivity contribution is 5.94. The van der Waals surface area contributed by atoms with Crippen molar-refractivity contribution in [3.63, 3.8) is 0 Å². The maximum absolute atomic E-state index is 11.3. The molecular formula is C18H20O2. The van der Waals surface area contributed by atoms with Crippen molar-refractivity contribution in [3.05, 3.63) is 65.0 Å². The van der Waals surface area contributed by atoms with Gasteiger partial charge in [0.05, 0.1) is 7.11 Å². The Morgan fingerprint density at radius 1 is 1.20 bits per heavy atom. The monoisotopic (exact) mass is 268 g/mol. The second-order valence-electron chi connectivity index (χ2n) is 4.86. The molecule has 0 aliphatic heterocycles. The predicted molar refractivity (Wildman–Crippen MR) is 82.5 cm³/mol. The van der Waals surface area contributed by atoms with Gasteiger partial charge in [0.15, 0.2) is 5.78 Å². The first-order valence-electron chi connectivity index (χ1n) is 6.91. The van der Waals surface area contributed by atoms with Crippen molar-refractivity contribution in [1.82, 2.24) is 0 Å². The lowest BCUT2D eigenvalue weighted by Gasteiger charge is -2.05. The van der Waals surface area contributed by atoms with Gasteiger partial charge in [0.25, 0.3) is 0 Å². The average molecular weight is 268 g/mol. The summed E-state index contributed by atoms with van der Waals surface area (Å²) in [6, 6.07) is 7.75. The van der Waals surface area contributed by atoms with E-state index < -0.39 is 0 Å². The Morgan fingerprint density at radius 3 is 2.45 bits per heavy atom. The van der Waals surface area contributed by atoms with Gasteiger partial charge >= 0.3 is 0 Å². The molecule has 0 atom stereocenters. The Hall–Kier alpha value is -2.09. The second-order valence-corrected chi connectivity index (χ2v) is 4.86. The molecule has 1 aromatic rings. The highest BCUT2D eigenvalue weighted by atomic mass is 16.5. The molecule has 0 amide bonds. The summed E-state index contributed by atoms with van der Waals surface area (Å²) in [7, 11) is 1.71. The van der Waals surface area contributed by atoms with Crippen molar-refractivity contribution < 1.29 is 9.53 Å². The van der Waals surface area contributed by atoms with E-state index in [4.69, 9.17) is 4.74 Å². The molecule has 0 N–H and O–H groups in total. The summed E-state index contributed by atoms with van der Waals surface area (Å²) in [5.74, 6) is 1.05. The summed E-state index contributed by atoms with van der Waals surface area (Å²) < 4.78 is 5.42. The van der Waals surface area contributed by atoms with E-state index in [1.807, 2.05) is 30.3 Å². The van der Waals surface area contributed by atoms with Gasteiger partial charge in [-0.3, -0.25) is 4.79 Å². The highest BCUT2D eigenvalue weighted by Gasteiger charge is 2.08. The Kier molecular flexibility index (Phi) is 4.57. The number of rotatable bonds is 4. The van der Waals surface area contributed by atoms with Crippen LogP contribution in [-0.4, -0.2) is 12.9 Å². The van der Waals surface area contributed by atoms with Crippen LogP contribution in [0.4, 0.5) is 0 Å². The van der Waals surface area contributed by atoms with E-state index in [-0.39, 0.29) is 5.78 Å². The van der Waals surface area contributed by atoms with E-state index in [2.05, 4.69) is 19.1 Å². The fourth-order valence-electron chi connectivity index (χ4n) is 2.33. The van der Waals surface area contributed by atoms with Crippen molar-refractivity contribution in [2.24, 2.45) is 0 Å². The Morgan fingerprint density at radius 2 is 1.90 bits per heavy atom. The van der Waals surface area contributed by atoms with Crippen molar-refractivity contribution in [3.8, 4) is 0 Å². The highest BCUT2D eigenvalue weighted by Crippen LogP contribution is 2.26. The molecule has 2 nitrogen and oxygen atoms in total. The lowest BCUT2D eigenvalue weighted by atomic mass is 10.0. The number of carbonyl (C=O) groups is 1. The molecule has 1 aliphatic carbocycles. The number of hydrogen-bond acceptors (Lipinski definition) is 2. The van der Waals surface area contributed by atoms with E-state index in [1.54, 1.807) is 14.0 Å². The number of ketones is 1. The molecule has 0 heterocycles. The molecule has 0 radical (unpaired) electrons. The van der Waals surface area contributed by atoms with E-state index in [1.165, 1.54) is 5.57 Å². The minimum Gasteiger partial charge on any atom is -0.497 e. The standard InChI is InChI=1S/C18H20O2/c1-4-14-5-8-17(11-12-18(14)20-3)16-9-6-15(7-10-16)13(2)19/h6-12H,4-5H2,1-3H3. The maximum Gasteiger partial charge on any atom is 0.159 e. The van der Waals surface area contributed by atoms with Crippen LogP contribution in [0.15, 0.2) is 53.8 Å². The summed E-state index contributed by atoms with van der Waals surface area (Å²) in [5, 5.41) is 0. The summed E-state index contributed by atoms with van der Waals surface area (Å²) >= 11 is 0. The summed E-state index contributed by atoms with van der Waals surface area (Å²) in [6.45, 7) is 3.73. The van der Waals surface area contributed by atoms with Gasteiger partial charge in [0.1, 0.15) is 5.76 Å². The third-order valence-corrected chi connectivity index (χ3v) is 3.60. The third kappa shape index (κ3) is 3.08. The summed E-state index contributed by atoms with van der Waals surface area (Å²) in [6.07, 6.45) is 8.20. The first kappa shape index (κ1) is 14.3. The average Bonchev–Trinajstić information content (AvgIpc) is 2.69. The van der Waals surface area contributed by atoms with Gasteiger partial charge in [0.2, 0.25) is 0 Å². The molecule has 0 unspecified atom stereocenters. The fraction of sp³-hybridized carbons (Fsp3) is 0.278. The van der Waals surface area contributed by atoms with E-state index in [9.17, 15) is 4.79 Å². The Bertz CT molecular complexity index is 586. The van der Waals surface area contributed by atoms with Crippen LogP contribution < -0.4 is 0 Å². The summed E-state index contributed by atoms with van der Waals surface area (Å²) in [4.78, 5) is 11.3. The minimum absolute atomic E-state index is 0.0959. The van der Waals surface area contributed by atoms with Gasteiger partial charge < -0.3 is 4.74 Å². The molecule has 2 heteroatoms. The minimum atomic E-state index is 0.0959. The molecular weight excluding hydrogens is 248 g/mol. The van der Waals surface area contributed by atoms with Gasteiger partial charge in [-0.1, -0.05) is 43.3 Å². The van der Waals surface area contributed by atoms with Crippen LogP contribution in [0, 0.1) is 0 Å². The van der Waals surface area contributed by atoms with Crippen molar-refractivity contribution in [2.45, 2.75) is 26.7 Å². The molecule has 0 bridgehead atoms. The number of ether oxygens (including phenoxy) is 1. The van der Waals surface area contributed by atoms with Gasteiger partial charge in [0, 0.05) is 5.56 Å². The van der Waals surface area contributed by atoms with Gasteiger partial charge in [-0.05, 0) is 42.6 Å². The number of methoxy groups -OCH3 is 1. The van der Waals surface area contributed by atoms with Crippen LogP contribution in [-0.2, 0) is 4.74 Å². The number of carbonyl (C=O) groups excluding carboxylic acids is 1. The first-order chi connectivity index (χ1) is 9.65. The first-order valence-corrected chi connectivity index (χ1v) is 6.91. The zero-order valence-corrected chi connectivity index (χ0v) is 12.3. The number of hydrogen-bond donors (Lipinski definition) is 0. The SMILES string of the molecule is CCC1=C(OC)C=CC(c2ccc(C(C)=O)cc2)=CC1. The largest absolute Gasteiger partial charge is 0.497 e. The number of allylic oxidation sites excluding steroid dienone is 5. The Labute approximate surface area is 120 Å². The van der Waals surface area contributed by atoms with Crippen molar-refractivity contribution >= 4 is 11.4 Å². The molecule has 20 heavy (non-hydrogen) atoms. The molecule has 1 aromatic carbocycles. The molecule has 0 saturated heterocycles. The molecule has 2 rings (SSSR count). The van der Waals surface area contributed by atoms with Crippen LogP contribution in [0.25, 0.3) is 5.57 Å². The van der Waals surface area contributed by atoms with Crippen LogP contribution in [0.3, 0.4) is 0 Å². The molecule has 0 spiro atoms. The molecule has 1 aliphatic rings. The van der Waals surface area contributed by atoms with Gasteiger partial charge in [-0.25, -0.2) is 0 Å². The Balaban J connectivity index is 2.27. The van der Waals surface area contributed by atoms with E-state index in [0.717, 1.165) is 35.3 Å². The molecule has 0 saturated carbocycles. The second kappa shape index (κ2) is 6.38. The number of Topliss-reactive ketones (excluding diaryl/α,β-unsaturated/α-hetero) is 1. The van der Waals surface area contributed by atoms with Crippen LogP contribution >= 0.6 is 0 Å². The zero-order chi connectivity index (χ0) is 14.5. The normalized spacial score (nSPS) is 14.8. The third-order valence-electron chi connectivity index (χ3n) is 3.60. The van der Waals surface area contributed by atoms with E-state index >= 15 is 0 Å². The topological polar surface area (TPSA) is 26.3 Å². The number of benzene rings is 1. The molecule has 0 aromatic heterocycles. The fourth-order valence-corrected chi connectivity index (χ4v) is 2.33. The van der Waals surface area contributed by atoms with E-state index in [0.29, 0.717) is 0 Å². The lowest BCUT2D eigenvalue weighted by Crippen LogP contribution is -1.91. The lowest BCUT2D eigenvalue weighted by molar-refractivity contribution is 0.101. The van der Waals surface area contributed by atoms with Crippen LogP contribution in [0.2, 0.25) is 0 Å². The molecule has 0 fully saturated rings.